The largest absolute Gasteiger partial charge is 0.383 e. The summed E-state index contributed by atoms with van der Waals surface area (Å²) in [4.78, 5) is 6.17. The second kappa shape index (κ2) is 7.94. The minimum Gasteiger partial charge on any atom is -0.383 e. The lowest BCUT2D eigenvalue weighted by molar-refractivity contribution is 0.111. The minimum absolute atomic E-state index is 0.244. The van der Waals surface area contributed by atoms with Gasteiger partial charge in [0.15, 0.2) is 0 Å². The van der Waals surface area contributed by atoms with Crippen molar-refractivity contribution in [2.75, 3.05) is 26.9 Å². The molecule has 0 radical (unpaired) electrons. The van der Waals surface area contributed by atoms with Crippen molar-refractivity contribution in [2.24, 2.45) is 0 Å². The minimum atomic E-state index is 0.244. The molecule has 1 aliphatic rings. The Morgan fingerprint density at radius 1 is 1.53 bits per heavy atom. The summed E-state index contributed by atoms with van der Waals surface area (Å²) in [5.74, 6) is 0. The number of thiazole rings is 1. The molecule has 1 atom stereocenters. The number of rotatable bonds is 8. The molecule has 0 amide bonds. The van der Waals surface area contributed by atoms with Crippen LogP contribution in [0.15, 0.2) is 0 Å². The van der Waals surface area contributed by atoms with E-state index in [0.29, 0.717) is 0 Å². The average Bonchev–Trinajstić information content (AvgIpc) is 3.04. The summed E-state index contributed by atoms with van der Waals surface area (Å²) in [5, 5.41) is 4.58. The van der Waals surface area contributed by atoms with Crippen molar-refractivity contribution in [3.05, 3.63) is 15.6 Å². The van der Waals surface area contributed by atoms with E-state index in [2.05, 4.69) is 12.2 Å². The highest BCUT2D eigenvalue weighted by Gasteiger charge is 2.22. The predicted octanol–water partition coefficient (Wildman–Crippen LogP) is 2.68. The molecular formula is C14H24N2O2S. The standard InChI is InChI=1S/C14H24N2O2S/c1-3-5-11-13(10-15-7-9-17-2)19-14(16-11)12-6-4-8-18-12/h12,15H,3-10H2,1-2H3. The number of aryl methyl sites for hydroxylation is 1. The van der Waals surface area contributed by atoms with Crippen LogP contribution >= 0.6 is 11.3 Å². The Labute approximate surface area is 119 Å². The van der Waals surface area contributed by atoms with Gasteiger partial charge in [-0.15, -0.1) is 11.3 Å². The number of nitrogens with one attached hydrogen (secondary N) is 1. The van der Waals surface area contributed by atoms with Gasteiger partial charge in [-0.2, -0.15) is 0 Å². The molecule has 0 aliphatic carbocycles. The van der Waals surface area contributed by atoms with Crippen LogP contribution in [-0.2, 0) is 22.4 Å². The van der Waals surface area contributed by atoms with E-state index in [9.17, 15) is 0 Å². The number of nitrogens with zero attached hydrogens (tertiary/aromatic N) is 1. The zero-order chi connectivity index (χ0) is 13.5. The molecule has 1 N–H and O–H groups in total. The van der Waals surface area contributed by atoms with Crippen LogP contribution in [0.5, 0.6) is 0 Å². The van der Waals surface area contributed by atoms with Crippen LogP contribution in [0.3, 0.4) is 0 Å². The van der Waals surface area contributed by atoms with E-state index in [4.69, 9.17) is 14.5 Å². The summed E-state index contributed by atoms with van der Waals surface area (Å²) in [6, 6.07) is 0. The Bertz CT molecular complexity index is 376. The second-order valence-electron chi connectivity index (χ2n) is 4.84. The third-order valence-electron chi connectivity index (χ3n) is 3.26. The summed E-state index contributed by atoms with van der Waals surface area (Å²) in [6.45, 7) is 5.61. The molecule has 5 heteroatoms. The molecule has 0 aromatic carbocycles. The fraction of sp³-hybridized carbons (Fsp3) is 0.786. The van der Waals surface area contributed by atoms with Gasteiger partial charge >= 0.3 is 0 Å². The molecule has 2 heterocycles. The van der Waals surface area contributed by atoms with E-state index in [0.717, 1.165) is 52.0 Å². The lowest BCUT2D eigenvalue weighted by Gasteiger charge is -2.03. The van der Waals surface area contributed by atoms with E-state index in [1.54, 1.807) is 7.11 Å². The molecule has 0 spiro atoms. The predicted molar refractivity (Wildman–Crippen MR) is 77.6 cm³/mol. The second-order valence-corrected chi connectivity index (χ2v) is 5.96. The van der Waals surface area contributed by atoms with Crippen LogP contribution in [-0.4, -0.2) is 31.9 Å². The SMILES string of the molecule is CCCc1nc(C2CCCO2)sc1CNCCOC. The normalized spacial score (nSPS) is 19.2. The van der Waals surface area contributed by atoms with Crippen LogP contribution in [0.1, 0.15) is 47.9 Å². The van der Waals surface area contributed by atoms with Gasteiger partial charge in [-0.25, -0.2) is 4.98 Å². The van der Waals surface area contributed by atoms with Crippen LogP contribution in [0.2, 0.25) is 0 Å². The van der Waals surface area contributed by atoms with Gasteiger partial charge in [0.25, 0.3) is 0 Å². The van der Waals surface area contributed by atoms with E-state index in [-0.39, 0.29) is 6.10 Å². The van der Waals surface area contributed by atoms with Crippen LogP contribution in [0.4, 0.5) is 0 Å². The fourth-order valence-electron chi connectivity index (χ4n) is 2.26. The molecular weight excluding hydrogens is 260 g/mol. The van der Waals surface area contributed by atoms with Gasteiger partial charge in [0.1, 0.15) is 11.1 Å². The summed E-state index contributed by atoms with van der Waals surface area (Å²) in [7, 11) is 1.73. The maximum absolute atomic E-state index is 5.74. The molecule has 19 heavy (non-hydrogen) atoms. The Balaban J connectivity index is 1.97. The van der Waals surface area contributed by atoms with Gasteiger partial charge in [-0.3, -0.25) is 0 Å². The number of aromatic nitrogens is 1. The average molecular weight is 284 g/mol. The van der Waals surface area contributed by atoms with Crippen molar-refractivity contribution in [3.8, 4) is 0 Å². The quantitative estimate of drug-likeness (QED) is 0.745. The molecule has 1 saturated heterocycles. The van der Waals surface area contributed by atoms with Crippen LogP contribution < -0.4 is 5.32 Å². The van der Waals surface area contributed by atoms with E-state index in [1.165, 1.54) is 15.6 Å². The molecule has 1 aromatic rings. The molecule has 4 nitrogen and oxygen atoms in total. The molecule has 1 unspecified atom stereocenters. The number of ether oxygens (including phenoxy) is 2. The lowest BCUT2D eigenvalue weighted by atomic mass is 10.2. The van der Waals surface area contributed by atoms with Gasteiger partial charge < -0.3 is 14.8 Å². The van der Waals surface area contributed by atoms with E-state index >= 15 is 0 Å². The Hall–Kier alpha value is -0.490. The monoisotopic (exact) mass is 284 g/mol. The summed E-state index contributed by atoms with van der Waals surface area (Å²) < 4.78 is 10.8. The first kappa shape index (κ1) is 14.9. The Morgan fingerprint density at radius 2 is 2.42 bits per heavy atom. The number of hydrogen-bond acceptors (Lipinski definition) is 5. The molecule has 2 rings (SSSR count). The summed E-state index contributed by atoms with van der Waals surface area (Å²) in [6.07, 6.45) is 4.72. The van der Waals surface area contributed by atoms with Gasteiger partial charge in [-0.1, -0.05) is 13.3 Å². The van der Waals surface area contributed by atoms with Gasteiger partial charge in [0, 0.05) is 31.7 Å². The molecule has 1 aliphatic heterocycles. The van der Waals surface area contributed by atoms with Crippen LogP contribution in [0.25, 0.3) is 0 Å². The zero-order valence-corrected chi connectivity index (χ0v) is 12.7. The van der Waals surface area contributed by atoms with Crippen LogP contribution in [0, 0.1) is 0 Å². The third-order valence-corrected chi connectivity index (χ3v) is 4.44. The third kappa shape index (κ3) is 4.24. The van der Waals surface area contributed by atoms with E-state index < -0.39 is 0 Å². The molecule has 108 valence electrons. The van der Waals surface area contributed by atoms with E-state index in [1.807, 2.05) is 11.3 Å². The number of hydrogen-bond donors (Lipinski definition) is 1. The highest BCUT2D eigenvalue weighted by atomic mass is 32.1. The Morgan fingerprint density at radius 3 is 3.11 bits per heavy atom. The van der Waals surface area contributed by atoms with Gasteiger partial charge in [0.2, 0.25) is 0 Å². The molecule has 0 saturated carbocycles. The first-order chi connectivity index (χ1) is 9.35. The van der Waals surface area contributed by atoms with Crippen molar-refractivity contribution in [2.45, 2.75) is 45.3 Å². The van der Waals surface area contributed by atoms with Crippen molar-refractivity contribution < 1.29 is 9.47 Å². The number of methoxy groups -OCH3 is 1. The molecule has 0 bridgehead atoms. The van der Waals surface area contributed by atoms with Crippen molar-refractivity contribution in [3.63, 3.8) is 0 Å². The summed E-state index contributed by atoms with van der Waals surface area (Å²) >= 11 is 1.82. The molecule has 1 aromatic heterocycles. The maximum Gasteiger partial charge on any atom is 0.122 e. The maximum atomic E-state index is 5.74. The summed E-state index contributed by atoms with van der Waals surface area (Å²) in [5.41, 5.74) is 1.25. The van der Waals surface area contributed by atoms with Crippen molar-refractivity contribution >= 4 is 11.3 Å². The lowest BCUT2D eigenvalue weighted by Crippen LogP contribution is -2.18. The Kier molecular flexibility index (Phi) is 6.23. The van der Waals surface area contributed by atoms with Gasteiger partial charge in [0.05, 0.1) is 12.3 Å². The fourth-order valence-corrected chi connectivity index (χ4v) is 3.43. The topological polar surface area (TPSA) is 43.4 Å². The first-order valence-electron chi connectivity index (χ1n) is 7.15. The highest BCUT2D eigenvalue weighted by molar-refractivity contribution is 7.11. The highest BCUT2D eigenvalue weighted by Crippen LogP contribution is 2.33. The smallest absolute Gasteiger partial charge is 0.122 e. The van der Waals surface area contributed by atoms with Crippen molar-refractivity contribution in [1.29, 1.82) is 0 Å². The van der Waals surface area contributed by atoms with Gasteiger partial charge in [-0.05, 0) is 19.3 Å². The first-order valence-corrected chi connectivity index (χ1v) is 7.96. The zero-order valence-electron chi connectivity index (χ0n) is 11.9. The molecule has 1 fully saturated rings. The van der Waals surface area contributed by atoms with Crippen molar-refractivity contribution in [1.82, 2.24) is 10.3 Å².